The summed E-state index contributed by atoms with van der Waals surface area (Å²) in [5, 5.41) is 11.1. The molecule has 0 aliphatic carbocycles. The highest BCUT2D eigenvalue weighted by molar-refractivity contribution is 5.80. The normalized spacial score (nSPS) is 13.5. The van der Waals surface area contributed by atoms with Gasteiger partial charge in [0.2, 0.25) is 5.91 Å². The number of carboxylic acids is 1. The SMILES string of the molecule is CC/C=C\C/C=C\C/C=C\C/C=C\C/C=C\C/C=C\C/C=C\CCCC(=O)OC(/C=C\C/C=C\C/C=C\C/C=C\CC)CCCCCC(=O)NCC(=O)O. The highest BCUT2D eigenvalue weighted by Crippen LogP contribution is 2.13. The first-order chi connectivity index (χ1) is 26.5. The maximum absolute atomic E-state index is 12.6. The third-order valence-corrected chi connectivity index (χ3v) is 7.80. The summed E-state index contributed by atoms with van der Waals surface area (Å²) in [5.74, 6) is -1.51. The van der Waals surface area contributed by atoms with Crippen molar-refractivity contribution in [3.05, 3.63) is 134 Å². The second-order valence-electron chi connectivity index (χ2n) is 12.8. The number of allylic oxidation sites excluding steroid dienone is 21. The van der Waals surface area contributed by atoms with E-state index in [4.69, 9.17) is 9.84 Å². The van der Waals surface area contributed by atoms with Gasteiger partial charge in [0.05, 0.1) is 0 Å². The number of carbonyl (C=O) groups is 3. The average molecular weight is 742 g/mol. The molecule has 6 nitrogen and oxygen atoms in total. The van der Waals surface area contributed by atoms with Crippen LogP contribution in [0.25, 0.3) is 0 Å². The summed E-state index contributed by atoms with van der Waals surface area (Å²) in [6.45, 7) is 3.92. The molecule has 54 heavy (non-hydrogen) atoms. The van der Waals surface area contributed by atoms with Crippen LogP contribution in [0.4, 0.5) is 0 Å². The number of esters is 1. The van der Waals surface area contributed by atoms with E-state index in [1.807, 2.05) is 12.2 Å². The number of ether oxygens (including phenoxy) is 1. The van der Waals surface area contributed by atoms with Crippen LogP contribution in [0.3, 0.4) is 0 Å². The summed E-state index contributed by atoms with van der Waals surface area (Å²) < 4.78 is 5.82. The van der Waals surface area contributed by atoms with Crippen LogP contribution in [0.5, 0.6) is 0 Å². The fourth-order valence-corrected chi connectivity index (χ4v) is 4.88. The zero-order valence-corrected chi connectivity index (χ0v) is 33.5. The summed E-state index contributed by atoms with van der Waals surface area (Å²) in [6.07, 6.45) is 63.0. The number of hydrogen-bond acceptors (Lipinski definition) is 4. The van der Waals surface area contributed by atoms with Gasteiger partial charge in [0.1, 0.15) is 12.6 Å². The number of aliphatic carboxylic acids is 1. The Bertz CT molecular complexity index is 1270. The summed E-state index contributed by atoms with van der Waals surface area (Å²) >= 11 is 0. The second-order valence-corrected chi connectivity index (χ2v) is 12.8. The Labute approximate surface area is 328 Å². The zero-order chi connectivity index (χ0) is 39.4. The molecular formula is C48H71NO5. The fraction of sp³-hybridized carbons (Fsp3) is 0.479. The van der Waals surface area contributed by atoms with Crippen molar-refractivity contribution in [2.75, 3.05) is 6.54 Å². The Morgan fingerprint density at radius 3 is 1.33 bits per heavy atom. The zero-order valence-electron chi connectivity index (χ0n) is 33.5. The molecule has 0 heterocycles. The molecule has 0 saturated carbocycles. The van der Waals surface area contributed by atoms with E-state index < -0.39 is 5.97 Å². The molecule has 0 aromatic carbocycles. The predicted molar refractivity (Wildman–Crippen MR) is 230 cm³/mol. The van der Waals surface area contributed by atoms with Gasteiger partial charge in [0.25, 0.3) is 0 Å². The average Bonchev–Trinajstić information content (AvgIpc) is 3.16. The van der Waals surface area contributed by atoms with E-state index in [2.05, 4.69) is 141 Å². The molecule has 0 spiro atoms. The van der Waals surface area contributed by atoms with Crippen LogP contribution >= 0.6 is 0 Å². The third-order valence-electron chi connectivity index (χ3n) is 7.80. The highest BCUT2D eigenvalue weighted by atomic mass is 16.5. The van der Waals surface area contributed by atoms with Gasteiger partial charge in [-0.1, -0.05) is 148 Å². The Balaban J connectivity index is 4.37. The number of hydrogen-bond donors (Lipinski definition) is 2. The molecule has 6 heteroatoms. The maximum atomic E-state index is 12.6. The van der Waals surface area contributed by atoms with Crippen LogP contribution in [0.15, 0.2) is 134 Å². The van der Waals surface area contributed by atoms with Crippen LogP contribution < -0.4 is 5.32 Å². The van der Waals surface area contributed by atoms with E-state index in [1.165, 1.54) is 0 Å². The molecule has 1 amide bonds. The first-order valence-electron chi connectivity index (χ1n) is 20.3. The van der Waals surface area contributed by atoms with Crippen molar-refractivity contribution < 1.29 is 24.2 Å². The smallest absolute Gasteiger partial charge is 0.322 e. The number of nitrogens with one attached hydrogen (secondary N) is 1. The number of carboxylic acid groups (broad SMARTS) is 1. The fourth-order valence-electron chi connectivity index (χ4n) is 4.88. The number of amides is 1. The Hall–Kier alpha value is -4.45. The molecule has 1 unspecified atom stereocenters. The number of unbranched alkanes of at least 4 members (excludes halogenated alkanes) is 3. The molecule has 298 valence electrons. The summed E-state index contributed by atoms with van der Waals surface area (Å²) in [7, 11) is 0. The van der Waals surface area contributed by atoms with Crippen LogP contribution in [0, 0.1) is 0 Å². The minimum atomic E-state index is -1.05. The molecule has 0 saturated heterocycles. The van der Waals surface area contributed by atoms with Crippen molar-refractivity contribution in [2.24, 2.45) is 0 Å². The summed E-state index contributed by atoms with van der Waals surface area (Å²) in [6, 6.07) is 0. The topological polar surface area (TPSA) is 92.7 Å². The van der Waals surface area contributed by atoms with Gasteiger partial charge in [0, 0.05) is 12.8 Å². The van der Waals surface area contributed by atoms with Crippen LogP contribution in [0.1, 0.15) is 136 Å². The lowest BCUT2D eigenvalue weighted by Gasteiger charge is -2.14. The molecule has 1 atom stereocenters. The van der Waals surface area contributed by atoms with E-state index in [0.717, 1.165) is 96.3 Å². The molecule has 0 rings (SSSR count). The molecule has 0 aliphatic rings. The summed E-state index contributed by atoms with van der Waals surface area (Å²) in [5.41, 5.74) is 0. The molecule has 0 radical (unpaired) electrons. The van der Waals surface area contributed by atoms with Crippen molar-refractivity contribution in [1.29, 1.82) is 0 Å². The van der Waals surface area contributed by atoms with Gasteiger partial charge in [-0.3, -0.25) is 14.4 Å². The van der Waals surface area contributed by atoms with Gasteiger partial charge in [-0.05, 0) is 109 Å². The molecule has 0 aromatic rings. The van der Waals surface area contributed by atoms with Gasteiger partial charge >= 0.3 is 11.9 Å². The standard InChI is InChI=1S/C48H71NO5/c1-3-5-7-9-11-13-15-16-17-18-19-20-21-22-23-24-25-26-28-30-32-34-39-43-48(53)54-45(41-37-35-38-42-46(50)49-44-47(51)52)40-36-33-31-29-27-14-12-10-8-6-4-2/h5-8,11-14,16-17,19-20,22-23,25-26,29-32,36,40,45H,3-4,9-10,15,18,21,24,27-28,33-35,37-39,41-44H2,1-2H3,(H,49,50)(H,51,52)/b7-5-,8-6-,13-11-,14-12-,17-16-,20-19-,23-22-,26-25-,31-29-,32-30-,40-36-. The summed E-state index contributed by atoms with van der Waals surface area (Å²) in [4.78, 5) is 35.0. The van der Waals surface area contributed by atoms with Crippen LogP contribution in [0.2, 0.25) is 0 Å². The Morgan fingerprint density at radius 1 is 0.500 bits per heavy atom. The van der Waals surface area contributed by atoms with E-state index in [0.29, 0.717) is 19.3 Å². The molecule has 2 N–H and O–H groups in total. The van der Waals surface area contributed by atoms with E-state index in [9.17, 15) is 14.4 Å². The number of carbonyl (C=O) groups excluding carboxylic acids is 2. The minimum Gasteiger partial charge on any atom is -0.480 e. The first kappa shape index (κ1) is 49.6. The van der Waals surface area contributed by atoms with Crippen molar-refractivity contribution in [2.45, 2.75) is 142 Å². The molecule has 0 aliphatic heterocycles. The Morgan fingerprint density at radius 2 is 0.907 bits per heavy atom. The van der Waals surface area contributed by atoms with E-state index in [-0.39, 0.29) is 30.9 Å². The lowest BCUT2D eigenvalue weighted by Crippen LogP contribution is -2.28. The molecule has 0 fully saturated rings. The van der Waals surface area contributed by atoms with Crippen molar-refractivity contribution in [3.8, 4) is 0 Å². The van der Waals surface area contributed by atoms with Gasteiger partial charge in [-0.2, -0.15) is 0 Å². The quantitative estimate of drug-likeness (QED) is 0.0389. The van der Waals surface area contributed by atoms with Crippen LogP contribution in [-0.4, -0.2) is 35.6 Å². The van der Waals surface area contributed by atoms with Gasteiger partial charge < -0.3 is 15.2 Å². The molecular weight excluding hydrogens is 671 g/mol. The van der Waals surface area contributed by atoms with Crippen LogP contribution in [-0.2, 0) is 19.1 Å². The van der Waals surface area contributed by atoms with Crippen molar-refractivity contribution in [3.63, 3.8) is 0 Å². The van der Waals surface area contributed by atoms with Gasteiger partial charge in [-0.15, -0.1) is 0 Å². The maximum Gasteiger partial charge on any atom is 0.322 e. The van der Waals surface area contributed by atoms with E-state index in [1.54, 1.807) is 0 Å². The van der Waals surface area contributed by atoms with E-state index >= 15 is 0 Å². The molecule has 0 bridgehead atoms. The minimum absolute atomic E-state index is 0.194. The first-order valence-corrected chi connectivity index (χ1v) is 20.3. The van der Waals surface area contributed by atoms with Crippen molar-refractivity contribution >= 4 is 17.8 Å². The Kier molecular flexibility index (Phi) is 37.9. The third kappa shape index (κ3) is 40.3. The van der Waals surface area contributed by atoms with Gasteiger partial charge in [0.15, 0.2) is 0 Å². The predicted octanol–water partition coefficient (Wildman–Crippen LogP) is 12.7. The lowest BCUT2D eigenvalue weighted by molar-refractivity contribution is -0.147. The largest absolute Gasteiger partial charge is 0.480 e. The molecule has 0 aromatic heterocycles. The lowest BCUT2D eigenvalue weighted by atomic mass is 10.1. The van der Waals surface area contributed by atoms with Crippen molar-refractivity contribution in [1.82, 2.24) is 5.32 Å². The number of rotatable bonds is 34. The van der Waals surface area contributed by atoms with Gasteiger partial charge in [-0.25, -0.2) is 0 Å². The monoisotopic (exact) mass is 742 g/mol. The highest BCUT2D eigenvalue weighted by Gasteiger charge is 2.11. The second kappa shape index (κ2) is 41.3.